The van der Waals surface area contributed by atoms with E-state index in [4.69, 9.17) is 0 Å². The van der Waals surface area contributed by atoms with E-state index in [2.05, 4.69) is 0 Å². The second kappa shape index (κ2) is 3.20. The highest BCUT2D eigenvalue weighted by Crippen LogP contribution is 2.27. The lowest BCUT2D eigenvalue weighted by Gasteiger charge is -2.39. The Hall–Kier alpha value is -0.320. The second-order valence-electron chi connectivity index (χ2n) is 3.34. The third kappa shape index (κ3) is 2.33. The van der Waals surface area contributed by atoms with Crippen LogP contribution >= 0.6 is 10.9 Å². The first-order valence-corrected chi connectivity index (χ1v) is 6.13. The highest BCUT2D eigenvalue weighted by Gasteiger charge is 2.45. The number of carbonyl (C=O) groups excluding carboxylic acids is 1. The molecule has 12 heavy (non-hydrogen) atoms. The zero-order chi connectivity index (χ0) is 9.35. The summed E-state index contributed by atoms with van der Waals surface area (Å²) in [5, 5.41) is 0. The Kier molecular flexibility index (Phi) is 2.61. The number of hydrogen-bond donors (Lipinski definition) is 1. The average molecular weight is 197 g/mol. The number of nitrogens with zero attached hydrogens (tertiary/aromatic N) is 1. The molecule has 0 radical (unpaired) electrons. The van der Waals surface area contributed by atoms with Crippen molar-refractivity contribution in [3.05, 3.63) is 0 Å². The summed E-state index contributed by atoms with van der Waals surface area (Å²) in [4.78, 5) is 12.4. The molecule has 0 aromatic rings. The van der Waals surface area contributed by atoms with Crippen molar-refractivity contribution in [1.82, 2.24) is 4.90 Å². The number of carbonyl (C=O) groups is 1. The molecule has 1 aliphatic rings. The van der Waals surface area contributed by atoms with Crippen LogP contribution in [-0.2, 0) is 4.79 Å². The van der Waals surface area contributed by atoms with Crippen molar-refractivity contribution in [2.45, 2.75) is 5.92 Å². The minimum Gasteiger partial charge on any atom is -0.330 e. The van der Waals surface area contributed by atoms with Gasteiger partial charge in [-0.1, -0.05) is 0 Å². The van der Waals surface area contributed by atoms with E-state index >= 15 is 0 Å². The Morgan fingerprint density at radius 2 is 2.00 bits per heavy atom. The third-order valence-electron chi connectivity index (χ3n) is 1.65. The number of halogens is 2. The van der Waals surface area contributed by atoms with Crippen LogP contribution in [0.25, 0.3) is 0 Å². The molecule has 2 nitrogen and oxygen atoms in total. The van der Waals surface area contributed by atoms with E-state index in [1.807, 2.05) is 12.5 Å². The van der Waals surface area contributed by atoms with Gasteiger partial charge in [0.1, 0.15) is 0 Å². The molecule has 1 saturated heterocycles. The first kappa shape index (κ1) is 9.77. The highest BCUT2D eigenvalue weighted by molar-refractivity contribution is 8.16. The van der Waals surface area contributed by atoms with E-state index in [0.717, 1.165) is 0 Å². The lowest BCUT2D eigenvalue weighted by molar-refractivity contribution is -0.163. The van der Waals surface area contributed by atoms with Gasteiger partial charge in [0.15, 0.2) is 0 Å². The molecule has 0 N–H and O–H groups in total. The molecule has 1 aliphatic heterocycles. The van der Waals surface area contributed by atoms with Gasteiger partial charge < -0.3 is 4.90 Å². The quantitative estimate of drug-likeness (QED) is 0.647. The minimum absolute atomic E-state index is 0.128. The van der Waals surface area contributed by atoms with E-state index < -0.39 is 5.92 Å². The molecule has 1 rings (SSSR count). The van der Waals surface area contributed by atoms with E-state index in [1.165, 1.54) is 4.90 Å². The van der Waals surface area contributed by atoms with Gasteiger partial charge in [-0.2, -0.15) is 0 Å². The summed E-state index contributed by atoms with van der Waals surface area (Å²) in [7, 11) is -0.311. The first-order chi connectivity index (χ1) is 5.41. The standard InChI is InChI=1S/C7H13F2NOS/c1-12(2)3-6(11)10-4-7(8,9)5-10/h12H,3-5H2,1-2H3. The normalized spacial score (nSPS) is 21.7. The van der Waals surface area contributed by atoms with Crippen molar-refractivity contribution in [3.63, 3.8) is 0 Å². The van der Waals surface area contributed by atoms with Gasteiger partial charge >= 0.3 is 0 Å². The molecule has 0 aromatic carbocycles. The number of hydrogen-bond acceptors (Lipinski definition) is 1. The molecule has 0 aliphatic carbocycles. The molecule has 1 heterocycles. The second-order valence-corrected chi connectivity index (χ2v) is 5.82. The highest BCUT2D eigenvalue weighted by atomic mass is 32.2. The fourth-order valence-corrected chi connectivity index (χ4v) is 1.80. The van der Waals surface area contributed by atoms with Gasteiger partial charge in [-0.15, -0.1) is 0 Å². The lowest BCUT2D eigenvalue weighted by Crippen LogP contribution is -2.59. The van der Waals surface area contributed by atoms with Crippen molar-refractivity contribution < 1.29 is 13.6 Å². The van der Waals surface area contributed by atoms with Crippen LogP contribution < -0.4 is 0 Å². The minimum atomic E-state index is -2.63. The van der Waals surface area contributed by atoms with E-state index in [1.54, 1.807) is 0 Å². The monoisotopic (exact) mass is 197 g/mol. The summed E-state index contributed by atoms with van der Waals surface area (Å²) in [6.07, 6.45) is 3.93. The maximum absolute atomic E-state index is 12.3. The molecular weight excluding hydrogens is 184 g/mol. The molecular formula is C7H13F2NOS. The SMILES string of the molecule is C[SH](C)CC(=O)N1CC(F)(F)C1. The predicted molar refractivity (Wildman–Crippen MR) is 47.2 cm³/mol. The summed E-state index contributed by atoms with van der Waals surface area (Å²) in [5.74, 6) is -2.32. The van der Waals surface area contributed by atoms with Gasteiger partial charge in [0, 0.05) is 0 Å². The largest absolute Gasteiger partial charge is 0.330 e. The summed E-state index contributed by atoms with van der Waals surface area (Å²) in [6, 6.07) is 0. The van der Waals surface area contributed by atoms with E-state index in [-0.39, 0.29) is 29.9 Å². The van der Waals surface area contributed by atoms with Gasteiger partial charge in [0.05, 0.1) is 18.8 Å². The topological polar surface area (TPSA) is 20.3 Å². The van der Waals surface area contributed by atoms with Crippen LogP contribution in [-0.4, -0.2) is 48.1 Å². The smallest absolute Gasteiger partial charge is 0.282 e. The molecule has 1 fully saturated rings. The van der Waals surface area contributed by atoms with Gasteiger partial charge in [-0.3, -0.25) is 15.7 Å². The lowest BCUT2D eigenvalue weighted by atomic mass is 10.1. The number of rotatable bonds is 2. The predicted octanol–water partition coefficient (Wildman–Crippen LogP) is 0.725. The molecule has 0 atom stereocenters. The Morgan fingerprint density at radius 3 is 2.33 bits per heavy atom. The van der Waals surface area contributed by atoms with Crippen LogP contribution in [0.4, 0.5) is 8.78 Å². The first-order valence-electron chi connectivity index (χ1n) is 3.71. The molecule has 1 amide bonds. The van der Waals surface area contributed by atoms with Gasteiger partial charge in [0.25, 0.3) is 5.92 Å². The maximum atomic E-state index is 12.3. The van der Waals surface area contributed by atoms with Gasteiger partial charge in [-0.25, -0.2) is 8.78 Å². The molecule has 0 aromatic heterocycles. The van der Waals surface area contributed by atoms with Gasteiger partial charge in [0.2, 0.25) is 5.91 Å². The molecule has 0 saturated carbocycles. The Morgan fingerprint density at radius 1 is 1.50 bits per heavy atom. The van der Waals surface area contributed by atoms with Crippen molar-refractivity contribution >= 4 is 16.8 Å². The van der Waals surface area contributed by atoms with Crippen LogP contribution in [0.1, 0.15) is 0 Å². The number of amides is 1. The van der Waals surface area contributed by atoms with Crippen LogP contribution in [0.15, 0.2) is 0 Å². The summed E-state index contributed by atoms with van der Waals surface area (Å²) in [5.41, 5.74) is 0. The Labute approximate surface area is 73.3 Å². The number of likely N-dealkylation sites (tertiary alicyclic amines) is 1. The van der Waals surface area contributed by atoms with Crippen LogP contribution in [0, 0.1) is 0 Å². The molecule has 72 valence electrons. The van der Waals surface area contributed by atoms with Crippen molar-refractivity contribution in [1.29, 1.82) is 0 Å². The molecule has 0 bridgehead atoms. The fourth-order valence-electron chi connectivity index (χ4n) is 1.06. The van der Waals surface area contributed by atoms with Crippen molar-refractivity contribution in [3.8, 4) is 0 Å². The molecule has 0 spiro atoms. The van der Waals surface area contributed by atoms with Crippen molar-refractivity contribution in [2.24, 2.45) is 0 Å². The molecule has 5 heteroatoms. The Balaban J connectivity index is 2.29. The number of alkyl halides is 2. The summed E-state index contributed by atoms with van der Waals surface area (Å²) in [6.45, 7) is -0.760. The number of thiol groups is 1. The van der Waals surface area contributed by atoms with Crippen LogP contribution in [0.2, 0.25) is 0 Å². The molecule has 0 unspecified atom stereocenters. The maximum Gasteiger partial charge on any atom is 0.282 e. The van der Waals surface area contributed by atoms with E-state index in [0.29, 0.717) is 5.75 Å². The van der Waals surface area contributed by atoms with E-state index in [9.17, 15) is 13.6 Å². The summed E-state index contributed by atoms with van der Waals surface area (Å²) >= 11 is 0. The fraction of sp³-hybridized carbons (Fsp3) is 0.857. The zero-order valence-electron chi connectivity index (χ0n) is 7.18. The zero-order valence-corrected chi connectivity index (χ0v) is 8.07. The third-order valence-corrected chi connectivity index (χ3v) is 2.55. The van der Waals surface area contributed by atoms with Crippen LogP contribution in [0.3, 0.4) is 0 Å². The van der Waals surface area contributed by atoms with Gasteiger partial charge in [-0.05, 0) is 12.5 Å². The Bertz CT molecular complexity index is 188. The summed E-state index contributed by atoms with van der Waals surface area (Å²) < 4.78 is 24.6. The van der Waals surface area contributed by atoms with Crippen LogP contribution in [0.5, 0.6) is 0 Å². The average Bonchev–Trinajstić information content (AvgIpc) is 1.80. The van der Waals surface area contributed by atoms with Crippen molar-refractivity contribution in [2.75, 3.05) is 31.4 Å².